The molecule has 0 aliphatic heterocycles. The largest absolute Gasteiger partial charge is 0.393 e. The van der Waals surface area contributed by atoms with Gasteiger partial charge in [-0.05, 0) is 30.9 Å². The van der Waals surface area contributed by atoms with Crippen molar-refractivity contribution in [2.75, 3.05) is 18.5 Å². The molecule has 1 aromatic heterocycles. The number of aliphatic hydroxyl groups is 1. The Bertz CT molecular complexity index is 644. The zero-order valence-corrected chi connectivity index (χ0v) is 12.6. The van der Waals surface area contributed by atoms with Gasteiger partial charge in [-0.15, -0.1) is 0 Å². The summed E-state index contributed by atoms with van der Waals surface area (Å²) in [6, 6.07) is 3.45. The van der Waals surface area contributed by atoms with Gasteiger partial charge < -0.3 is 10.0 Å². The summed E-state index contributed by atoms with van der Waals surface area (Å²) in [7, 11) is 1.98. The zero-order valence-electron chi connectivity index (χ0n) is 11.1. The number of rotatable bonds is 3. The van der Waals surface area contributed by atoms with Gasteiger partial charge in [0.25, 0.3) is 0 Å². The topological polar surface area (TPSA) is 49.2 Å². The van der Waals surface area contributed by atoms with Crippen LogP contribution >= 0.6 is 23.2 Å². The lowest BCUT2D eigenvalue weighted by molar-refractivity contribution is 0.0464. The molecule has 1 fully saturated rings. The first-order valence-electron chi connectivity index (χ1n) is 6.54. The Morgan fingerprint density at radius 2 is 1.90 bits per heavy atom. The summed E-state index contributed by atoms with van der Waals surface area (Å²) in [6.45, 7) is 0.874. The molecule has 3 rings (SSSR count). The first-order valence-corrected chi connectivity index (χ1v) is 7.29. The Labute approximate surface area is 127 Å². The number of hydrogen-bond acceptors (Lipinski definition) is 4. The fourth-order valence-corrected chi connectivity index (χ4v) is 2.83. The van der Waals surface area contributed by atoms with Crippen LogP contribution < -0.4 is 4.90 Å². The first kappa shape index (κ1) is 13.9. The maximum Gasteiger partial charge on any atom is 0.147 e. The van der Waals surface area contributed by atoms with Crippen molar-refractivity contribution in [3.8, 4) is 0 Å². The second-order valence-electron chi connectivity index (χ2n) is 5.36. The molecule has 1 aromatic carbocycles. The van der Waals surface area contributed by atoms with Gasteiger partial charge in [0, 0.05) is 13.6 Å². The Balaban J connectivity index is 1.82. The van der Waals surface area contributed by atoms with Gasteiger partial charge in [-0.25, -0.2) is 4.98 Å². The third kappa shape index (κ3) is 2.68. The average molecular weight is 312 g/mol. The Kier molecular flexibility index (Phi) is 3.71. The molecule has 0 atom stereocenters. The Morgan fingerprint density at radius 1 is 1.25 bits per heavy atom. The van der Waals surface area contributed by atoms with Crippen molar-refractivity contribution in [3.63, 3.8) is 0 Å². The summed E-state index contributed by atoms with van der Waals surface area (Å²) < 4.78 is 0. The molecule has 0 spiro atoms. The number of hydrogen-bond donors (Lipinski definition) is 1. The molecule has 1 heterocycles. The van der Waals surface area contributed by atoms with E-state index >= 15 is 0 Å². The van der Waals surface area contributed by atoms with Crippen LogP contribution in [0.1, 0.15) is 12.8 Å². The minimum Gasteiger partial charge on any atom is -0.393 e. The van der Waals surface area contributed by atoms with Gasteiger partial charge in [0.05, 0.1) is 33.4 Å². The van der Waals surface area contributed by atoms with Crippen molar-refractivity contribution >= 4 is 40.1 Å². The Morgan fingerprint density at radius 3 is 2.55 bits per heavy atom. The van der Waals surface area contributed by atoms with E-state index in [1.54, 1.807) is 18.3 Å². The molecule has 0 unspecified atom stereocenters. The fourth-order valence-electron chi connectivity index (χ4n) is 2.51. The molecular weight excluding hydrogens is 297 g/mol. The molecule has 1 aliphatic rings. The van der Waals surface area contributed by atoms with E-state index in [1.807, 2.05) is 7.05 Å². The van der Waals surface area contributed by atoms with Crippen LogP contribution in [0.3, 0.4) is 0 Å². The molecule has 1 N–H and O–H groups in total. The summed E-state index contributed by atoms with van der Waals surface area (Å²) in [5.74, 6) is 1.33. The molecule has 20 heavy (non-hydrogen) atoms. The highest BCUT2D eigenvalue weighted by Crippen LogP contribution is 2.30. The summed E-state index contributed by atoms with van der Waals surface area (Å²) in [5.41, 5.74) is 1.47. The van der Waals surface area contributed by atoms with Gasteiger partial charge >= 0.3 is 0 Å². The molecule has 1 aliphatic carbocycles. The second kappa shape index (κ2) is 5.35. The number of anilines is 1. The van der Waals surface area contributed by atoms with Crippen LogP contribution in [0.4, 0.5) is 5.82 Å². The second-order valence-corrected chi connectivity index (χ2v) is 6.17. The maximum absolute atomic E-state index is 9.33. The van der Waals surface area contributed by atoms with Gasteiger partial charge in [0.1, 0.15) is 5.82 Å². The van der Waals surface area contributed by atoms with Crippen LogP contribution in [0.5, 0.6) is 0 Å². The summed E-state index contributed by atoms with van der Waals surface area (Å²) >= 11 is 12.0. The maximum atomic E-state index is 9.33. The number of aromatic nitrogens is 2. The first-order chi connectivity index (χ1) is 9.52. The number of fused-ring (bicyclic) bond motifs is 1. The molecular formula is C14H15Cl2N3O. The number of nitrogens with zero attached hydrogens (tertiary/aromatic N) is 3. The van der Waals surface area contributed by atoms with Crippen molar-refractivity contribution in [2.24, 2.45) is 5.92 Å². The molecule has 6 heteroatoms. The minimum atomic E-state index is -0.128. The minimum absolute atomic E-state index is 0.128. The van der Waals surface area contributed by atoms with Crippen molar-refractivity contribution in [2.45, 2.75) is 18.9 Å². The lowest BCUT2D eigenvalue weighted by atomic mass is 9.82. The standard InChI is InChI=1S/C14H15Cl2N3O/c1-19(7-8-2-9(20)3-8)14-6-17-12-4-10(15)11(16)5-13(12)18-14/h4-6,8-9,20H,2-3,7H2,1H3. The normalized spacial score (nSPS) is 21.8. The predicted octanol–water partition coefficient (Wildman–Crippen LogP) is 3.14. The van der Waals surface area contributed by atoms with Crippen molar-refractivity contribution in [3.05, 3.63) is 28.4 Å². The van der Waals surface area contributed by atoms with Gasteiger partial charge in [-0.1, -0.05) is 23.2 Å². The molecule has 0 saturated heterocycles. The summed E-state index contributed by atoms with van der Waals surface area (Å²) in [6.07, 6.45) is 3.35. The highest BCUT2D eigenvalue weighted by Gasteiger charge is 2.28. The molecule has 0 radical (unpaired) electrons. The van der Waals surface area contributed by atoms with Crippen LogP contribution in [0, 0.1) is 5.92 Å². The monoisotopic (exact) mass is 311 g/mol. The highest BCUT2D eigenvalue weighted by atomic mass is 35.5. The quantitative estimate of drug-likeness (QED) is 0.946. The highest BCUT2D eigenvalue weighted by molar-refractivity contribution is 6.42. The van der Waals surface area contributed by atoms with E-state index in [0.717, 1.165) is 36.2 Å². The van der Waals surface area contributed by atoms with Gasteiger partial charge in [0.2, 0.25) is 0 Å². The molecule has 0 amide bonds. The van der Waals surface area contributed by atoms with Crippen molar-refractivity contribution in [1.29, 1.82) is 0 Å². The SMILES string of the molecule is CN(CC1CC(O)C1)c1cnc2cc(Cl)c(Cl)cc2n1. The average Bonchev–Trinajstić information content (AvgIpc) is 2.37. The number of aliphatic hydroxyl groups excluding tert-OH is 1. The van der Waals surface area contributed by atoms with E-state index < -0.39 is 0 Å². The van der Waals surface area contributed by atoms with Gasteiger partial charge in [-0.2, -0.15) is 0 Å². The Hall–Kier alpha value is -1.10. The van der Waals surface area contributed by atoms with E-state index in [0.29, 0.717) is 16.0 Å². The smallest absolute Gasteiger partial charge is 0.147 e. The van der Waals surface area contributed by atoms with Gasteiger partial charge in [0.15, 0.2) is 0 Å². The third-order valence-corrected chi connectivity index (χ3v) is 4.43. The molecule has 1 saturated carbocycles. The molecule has 2 aromatic rings. The lowest BCUT2D eigenvalue weighted by Crippen LogP contribution is -2.37. The molecule has 0 bridgehead atoms. The van der Waals surface area contributed by atoms with Crippen LogP contribution in [0.25, 0.3) is 11.0 Å². The van der Waals surface area contributed by atoms with Crippen molar-refractivity contribution in [1.82, 2.24) is 9.97 Å². The summed E-state index contributed by atoms with van der Waals surface area (Å²) in [5, 5.41) is 10.3. The molecule has 106 valence electrons. The van der Waals surface area contributed by atoms with E-state index in [4.69, 9.17) is 23.2 Å². The number of halogens is 2. The van der Waals surface area contributed by atoms with Crippen LogP contribution in [0.15, 0.2) is 18.3 Å². The van der Waals surface area contributed by atoms with Crippen LogP contribution in [-0.2, 0) is 0 Å². The van der Waals surface area contributed by atoms with E-state index in [2.05, 4.69) is 14.9 Å². The fraction of sp³-hybridized carbons (Fsp3) is 0.429. The van der Waals surface area contributed by atoms with Gasteiger partial charge in [-0.3, -0.25) is 4.98 Å². The predicted molar refractivity (Wildman–Crippen MR) is 81.6 cm³/mol. The lowest BCUT2D eigenvalue weighted by Gasteiger charge is -2.34. The van der Waals surface area contributed by atoms with Crippen LogP contribution in [0.2, 0.25) is 10.0 Å². The third-order valence-electron chi connectivity index (χ3n) is 3.71. The van der Waals surface area contributed by atoms with E-state index in [1.165, 1.54) is 0 Å². The van der Waals surface area contributed by atoms with Crippen LogP contribution in [-0.4, -0.2) is 34.8 Å². The summed E-state index contributed by atoms with van der Waals surface area (Å²) in [4.78, 5) is 11.0. The molecule has 4 nitrogen and oxygen atoms in total. The van der Waals surface area contributed by atoms with E-state index in [-0.39, 0.29) is 6.10 Å². The number of benzene rings is 1. The zero-order chi connectivity index (χ0) is 14.3. The van der Waals surface area contributed by atoms with E-state index in [9.17, 15) is 5.11 Å². The van der Waals surface area contributed by atoms with Crippen molar-refractivity contribution < 1.29 is 5.11 Å².